The van der Waals surface area contributed by atoms with Crippen LogP contribution in [-0.4, -0.2) is 4.98 Å². The number of benzene rings is 1. The van der Waals surface area contributed by atoms with Crippen molar-refractivity contribution in [3.8, 4) is 11.3 Å². The Labute approximate surface area is 111 Å². The fraction of sp³-hybridized carbons (Fsp3) is 0. The Balaban J connectivity index is 0.00000144. The molecule has 0 aliphatic heterocycles. The quantitative estimate of drug-likeness (QED) is 0.660. The Kier molecular flexibility index (Phi) is 4.48. The normalized spacial score (nSPS) is 9.24. The molecular formula is C12H5F2N2Pt-. The van der Waals surface area contributed by atoms with Crippen molar-refractivity contribution in [3.63, 3.8) is 0 Å². The van der Waals surface area contributed by atoms with E-state index in [4.69, 9.17) is 6.57 Å². The topological polar surface area (TPSA) is 17.2 Å². The van der Waals surface area contributed by atoms with Crippen LogP contribution in [0.25, 0.3) is 16.1 Å². The van der Waals surface area contributed by atoms with Gasteiger partial charge in [-0.05, 0) is 11.8 Å². The summed E-state index contributed by atoms with van der Waals surface area (Å²) in [5.41, 5.74) is -0.294. The zero-order chi connectivity index (χ0) is 11.5. The molecule has 88 valence electrons. The van der Waals surface area contributed by atoms with Gasteiger partial charge in [0.2, 0.25) is 0 Å². The molecule has 0 aliphatic carbocycles. The number of rotatable bonds is 1. The van der Waals surface area contributed by atoms with E-state index >= 15 is 0 Å². The first-order valence-electron chi connectivity index (χ1n) is 4.42. The van der Waals surface area contributed by atoms with Crippen molar-refractivity contribution in [3.05, 3.63) is 59.6 Å². The molecule has 0 bridgehead atoms. The van der Waals surface area contributed by atoms with E-state index in [2.05, 4.69) is 15.9 Å². The molecule has 17 heavy (non-hydrogen) atoms. The fourth-order valence-electron chi connectivity index (χ4n) is 1.29. The van der Waals surface area contributed by atoms with Crippen LogP contribution in [0.15, 0.2) is 30.5 Å². The van der Waals surface area contributed by atoms with Gasteiger partial charge in [0, 0.05) is 38.9 Å². The summed E-state index contributed by atoms with van der Waals surface area (Å²) in [6.07, 6.45) is 1.49. The van der Waals surface area contributed by atoms with Crippen molar-refractivity contribution in [2.75, 3.05) is 0 Å². The van der Waals surface area contributed by atoms with Crippen molar-refractivity contribution in [1.29, 1.82) is 0 Å². The van der Waals surface area contributed by atoms with Gasteiger partial charge in [0.05, 0.1) is 6.57 Å². The van der Waals surface area contributed by atoms with Crippen LogP contribution >= 0.6 is 0 Å². The third kappa shape index (κ3) is 2.57. The van der Waals surface area contributed by atoms with Gasteiger partial charge < -0.3 is 4.98 Å². The van der Waals surface area contributed by atoms with Crippen LogP contribution in [0, 0.1) is 24.3 Å². The van der Waals surface area contributed by atoms with Crippen LogP contribution in [0.4, 0.5) is 14.5 Å². The van der Waals surface area contributed by atoms with Gasteiger partial charge in [0.15, 0.2) is 5.69 Å². The predicted octanol–water partition coefficient (Wildman–Crippen LogP) is 3.38. The Morgan fingerprint density at radius 2 is 2.06 bits per heavy atom. The Bertz CT molecular complexity index is 565. The van der Waals surface area contributed by atoms with E-state index in [1.54, 1.807) is 18.2 Å². The summed E-state index contributed by atoms with van der Waals surface area (Å²) in [5, 5.41) is 0. The first-order valence-corrected chi connectivity index (χ1v) is 4.42. The van der Waals surface area contributed by atoms with Crippen LogP contribution in [0.5, 0.6) is 0 Å². The zero-order valence-corrected chi connectivity index (χ0v) is 10.6. The first kappa shape index (κ1) is 13.5. The van der Waals surface area contributed by atoms with Gasteiger partial charge in [-0.15, -0.1) is 17.7 Å². The number of nitrogens with zero attached hydrogens (tertiary/aromatic N) is 2. The molecule has 2 aromatic rings. The number of hydrogen-bond donors (Lipinski definition) is 0. The minimum absolute atomic E-state index is 0. The predicted molar refractivity (Wildman–Crippen MR) is 54.7 cm³/mol. The van der Waals surface area contributed by atoms with E-state index in [0.29, 0.717) is 5.69 Å². The van der Waals surface area contributed by atoms with Crippen molar-refractivity contribution >= 4 is 5.69 Å². The molecule has 0 fully saturated rings. The second-order valence-electron chi connectivity index (χ2n) is 3.00. The zero-order valence-electron chi connectivity index (χ0n) is 8.35. The Morgan fingerprint density at radius 1 is 1.29 bits per heavy atom. The number of halogens is 2. The van der Waals surface area contributed by atoms with E-state index in [1.165, 1.54) is 6.20 Å². The molecule has 5 heteroatoms. The molecular weight excluding hydrogens is 405 g/mol. The van der Waals surface area contributed by atoms with Gasteiger partial charge in [-0.1, -0.05) is 12.1 Å². The summed E-state index contributed by atoms with van der Waals surface area (Å²) < 4.78 is 26.7. The Morgan fingerprint density at radius 3 is 2.65 bits per heavy atom. The summed E-state index contributed by atoms with van der Waals surface area (Å²) in [6, 6.07) is 8.31. The van der Waals surface area contributed by atoms with Gasteiger partial charge in [-0.25, -0.2) is 0 Å². The molecule has 2 rings (SSSR count). The second-order valence-corrected chi connectivity index (χ2v) is 3.00. The van der Waals surface area contributed by atoms with Crippen LogP contribution in [0.3, 0.4) is 0 Å². The molecule has 0 radical (unpaired) electrons. The average molecular weight is 410 g/mol. The molecule has 0 unspecified atom stereocenters. The maximum atomic E-state index is 13.7. The van der Waals surface area contributed by atoms with Crippen molar-refractivity contribution in [1.82, 2.24) is 4.98 Å². The van der Waals surface area contributed by atoms with Crippen molar-refractivity contribution in [2.45, 2.75) is 0 Å². The van der Waals surface area contributed by atoms with Gasteiger partial charge in [0.25, 0.3) is 0 Å². The molecule has 1 heterocycles. The van der Waals surface area contributed by atoms with E-state index in [-0.39, 0.29) is 26.6 Å². The van der Waals surface area contributed by atoms with Gasteiger partial charge in [0.1, 0.15) is 0 Å². The Hall–Kier alpha value is -1.59. The third-order valence-corrected chi connectivity index (χ3v) is 2.03. The van der Waals surface area contributed by atoms with E-state index < -0.39 is 17.3 Å². The van der Waals surface area contributed by atoms with E-state index in [1.807, 2.05) is 0 Å². The molecule has 0 amide bonds. The molecule has 2 nitrogen and oxygen atoms in total. The maximum Gasteiger partial charge on any atom is 0.176 e. The molecule has 0 aliphatic rings. The first-order chi connectivity index (χ1) is 7.74. The van der Waals surface area contributed by atoms with E-state index in [0.717, 1.165) is 6.07 Å². The summed E-state index contributed by atoms with van der Waals surface area (Å²) in [5.74, 6) is -1.83. The summed E-state index contributed by atoms with van der Waals surface area (Å²) in [7, 11) is 0. The smallest absolute Gasteiger partial charge is 0.176 e. The number of hydrogen-bond acceptors (Lipinski definition) is 1. The average Bonchev–Trinajstić information content (AvgIpc) is 2.31. The molecule has 1 aromatic heterocycles. The van der Waals surface area contributed by atoms with E-state index in [9.17, 15) is 8.78 Å². The fourth-order valence-corrected chi connectivity index (χ4v) is 1.29. The van der Waals surface area contributed by atoms with Gasteiger partial charge >= 0.3 is 0 Å². The minimum atomic E-state index is -0.922. The SMILES string of the molecule is [C-]#[N+]c1c(F)c[c-]c(-c2ccccn2)c1F.[Pt]. The van der Waals surface area contributed by atoms with Gasteiger partial charge in [-0.3, -0.25) is 13.6 Å². The standard InChI is InChI=1S/C12H5F2N2.Pt/c1-15-12-9(13)6-5-8(11(12)14)10-4-2-3-7-16-10;/h2-4,6-7H;/q-1;. The summed E-state index contributed by atoms with van der Waals surface area (Å²) in [6.45, 7) is 6.70. The largest absolute Gasteiger partial charge is 0.305 e. The minimum Gasteiger partial charge on any atom is -0.305 e. The molecule has 1 aromatic carbocycles. The third-order valence-electron chi connectivity index (χ3n) is 2.03. The molecule has 0 N–H and O–H groups in total. The monoisotopic (exact) mass is 410 g/mol. The second kappa shape index (κ2) is 5.65. The molecule has 0 saturated heterocycles. The molecule has 0 atom stereocenters. The van der Waals surface area contributed by atoms with Crippen LogP contribution in [0.2, 0.25) is 0 Å². The molecule has 0 spiro atoms. The van der Waals surface area contributed by atoms with Gasteiger partial charge in [-0.2, -0.15) is 0 Å². The number of pyridine rings is 1. The van der Waals surface area contributed by atoms with Crippen LogP contribution in [0.1, 0.15) is 0 Å². The van der Waals surface area contributed by atoms with Crippen LogP contribution < -0.4 is 0 Å². The van der Waals surface area contributed by atoms with Crippen molar-refractivity contribution < 1.29 is 29.8 Å². The van der Waals surface area contributed by atoms with Crippen molar-refractivity contribution in [2.24, 2.45) is 0 Å². The number of aromatic nitrogens is 1. The summed E-state index contributed by atoms with van der Waals surface area (Å²) in [4.78, 5) is 6.73. The summed E-state index contributed by atoms with van der Waals surface area (Å²) >= 11 is 0. The molecule has 0 saturated carbocycles. The van der Waals surface area contributed by atoms with Crippen LogP contribution in [-0.2, 0) is 21.1 Å². The maximum absolute atomic E-state index is 13.7.